The molecule has 2 amide bonds. The van der Waals surface area contributed by atoms with Crippen molar-refractivity contribution in [1.29, 1.82) is 0 Å². The Morgan fingerprint density at radius 2 is 1.85 bits per heavy atom. The van der Waals surface area contributed by atoms with Crippen molar-refractivity contribution in [1.82, 2.24) is 9.88 Å². The fourth-order valence-corrected chi connectivity index (χ4v) is 4.17. The Bertz CT molecular complexity index is 1190. The van der Waals surface area contributed by atoms with Gasteiger partial charge in [-0.15, -0.1) is 0 Å². The van der Waals surface area contributed by atoms with Crippen molar-refractivity contribution in [2.45, 2.75) is 38.3 Å². The molecule has 3 aromatic rings. The molecule has 1 fully saturated rings. The molecule has 0 bridgehead atoms. The third-order valence-electron chi connectivity index (χ3n) is 5.65. The van der Waals surface area contributed by atoms with E-state index in [-0.39, 0.29) is 17.8 Å². The van der Waals surface area contributed by atoms with Crippen LogP contribution >= 0.6 is 0 Å². The molecule has 172 valence electrons. The monoisotopic (exact) mass is 450 g/mol. The van der Waals surface area contributed by atoms with Crippen LogP contribution in [0.2, 0.25) is 0 Å². The van der Waals surface area contributed by atoms with Gasteiger partial charge in [0.15, 0.2) is 0 Å². The Labute approximate surface area is 191 Å². The Balaban J connectivity index is 1.68. The van der Waals surface area contributed by atoms with Gasteiger partial charge in [0, 0.05) is 36.3 Å². The van der Waals surface area contributed by atoms with Gasteiger partial charge in [-0.2, -0.15) is 0 Å². The molecule has 2 aromatic carbocycles. The smallest absolute Gasteiger partial charge is 0.410 e. The van der Waals surface area contributed by atoms with Gasteiger partial charge in [-0.05, 0) is 50.6 Å². The second-order valence-electron chi connectivity index (χ2n) is 9.22. The van der Waals surface area contributed by atoms with Crippen LogP contribution < -0.4 is 11.1 Å². The van der Waals surface area contributed by atoms with E-state index in [1.807, 2.05) is 32.9 Å². The molecule has 1 aromatic heterocycles. The number of hydrogen-bond acceptors (Lipinski definition) is 5. The van der Waals surface area contributed by atoms with Gasteiger partial charge < -0.3 is 20.7 Å². The first-order valence-electron chi connectivity index (χ1n) is 10.8. The number of rotatable bonds is 4. The lowest BCUT2D eigenvalue weighted by molar-refractivity contribution is 0.0291. The van der Waals surface area contributed by atoms with Crippen LogP contribution in [0.3, 0.4) is 0 Å². The molecule has 1 aliphatic rings. The number of carbonyl (C=O) groups is 2. The number of amides is 2. The summed E-state index contributed by atoms with van der Waals surface area (Å²) in [6.07, 6.45) is 1.22. The van der Waals surface area contributed by atoms with Gasteiger partial charge in [-0.3, -0.25) is 9.78 Å². The molecular weight excluding hydrogens is 423 g/mol. The summed E-state index contributed by atoms with van der Waals surface area (Å²) in [6.45, 7) is 6.30. The van der Waals surface area contributed by atoms with Crippen LogP contribution in [0, 0.1) is 5.82 Å². The first kappa shape index (κ1) is 22.5. The Kier molecular flexibility index (Phi) is 5.93. The number of nitrogens with two attached hydrogens (primary N) is 1. The molecule has 3 N–H and O–H groups in total. The van der Waals surface area contributed by atoms with E-state index in [0.717, 1.165) is 16.6 Å². The number of halogens is 1. The molecule has 33 heavy (non-hydrogen) atoms. The number of likely N-dealkylation sites (tertiary alicyclic amines) is 1. The van der Waals surface area contributed by atoms with Gasteiger partial charge in [-0.1, -0.05) is 24.3 Å². The number of carbonyl (C=O) groups excluding carboxylic acids is 2. The van der Waals surface area contributed by atoms with Crippen molar-refractivity contribution in [2.24, 2.45) is 5.73 Å². The molecule has 0 spiro atoms. The highest BCUT2D eigenvalue weighted by Crippen LogP contribution is 2.33. The first-order chi connectivity index (χ1) is 15.6. The fraction of sp³-hybridized carbons (Fsp3) is 0.320. The number of para-hydroxylation sites is 1. The predicted molar refractivity (Wildman–Crippen MR) is 125 cm³/mol. The normalized spacial score (nSPS) is 18.4. The molecule has 0 radical (unpaired) electrons. The van der Waals surface area contributed by atoms with E-state index in [1.165, 1.54) is 12.1 Å². The molecule has 1 saturated heterocycles. The number of aromatic nitrogens is 1. The number of hydrogen-bond donors (Lipinski definition) is 2. The lowest BCUT2D eigenvalue weighted by Crippen LogP contribution is -2.36. The molecule has 0 aliphatic carbocycles. The van der Waals surface area contributed by atoms with Gasteiger partial charge in [-0.25, -0.2) is 9.18 Å². The Morgan fingerprint density at radius 3 is 2.52 bits per heavy atom. The first-order valence-corrected chi connectivity index (χ1v) is 10.8. The van der Waals surface area contributed by atoms with Crippen LogP contribution in [-0.2, 0) is 4.74 Å². The Morgan fingerprint density at radius 1 is 1.12 bits per heavy atom. The minimum absolute atomic E-state index is 0.0966. The number of ether oxygens (including phenoxy) is 1. The molecular formula is C25H27FN4O3. The van der Waals surface area contributed by atoms with Crippen molar-refractivity contribution >= 4 is 28.6 Å². The molecule has 8 heteroatoms. The topological polar surface area (TPSA) is 97.6 Å². The van der Waals surface area contributed by atoms with E-state index in [0.29, 0.717) is 24.2 Å². The van der Waals surface area contributed by atoms with Gasteiger partial charge in [0.2, 0.25) is 0 Å². The number of primary amides is 1. The quantitative estimate of drug-likeness (QED) is 0.618. The molecule has 2 unspecified atom stereocenters. The van der Waals surface area contributed by atoms with Gasteiger partial charge >= 0.3 is 6.09 Å². The third-order valence-corrected chi connectivity index (χ3v) is 5.65. The van der Waals surface area contributed by atoms with Crippen LogP contribution in [0.5, 0.6) is 0 Å². The Hall–Kier alpha value is -3.68. The zero-order valence-electron chi connectivity index (χ0n) is 18.8. The number of benzene rings is 2. The predicted octanol–water partition coefficient (Wildman–Crippen LogP) is 4.29. The second-order valence-corrected chi connectivity index (χ2v) is 9.22. The molecule has 2 heterocycles. The summed E-state index contributed by atoms with van der Waals surface area (Å²) < 4.78 is 19.1. The van der Waals surface area contributed by atoms with Gasteiger partial charge in [0.05, 0.1) is 17.1 Å². The molecule has 2 atom stereocenters. The van der Waals surface area contributed by atoms with Crippen molar-refractivity contribution in [3.05, 3.63) is 71.7 Å². The second kappa shape index (κ2) is 8.69. The molecule has 0 saturated carbocycles. The molecule has 1 aliphatic heterocycles. The van der Waals surface area contributed by atoms with E-state index >= 15 is 0 Å². The zero-order chi connectivity index (χ0) is 23.8. The fourth-order valence-electron chi connectivity index (χ4n) is 4.17. The van der Waals surface area contributed by atoms with Crippen LogP contribution in [0.4, 0.5) is 14.9 Å². The lowest BCUT2D eigenvalue weighted by Gasteiger charge is -2.24. The highest BCUT2D eigenvalue weighted by Gasteiger charge is 2.38. The van der Waals surface area contributed by atoms with E-state index in [4.69, 9.17) is 10.5 Å². The summed E-state index contributed by atoms with van der Waals surface area (Å²) in [6, 6.07) is 13.2. The minimum Gasteiger partial charge on any atom is -0.444 e. The standard InChI is InChI=1S/C25H27FN4O3/c1-25(2,3)33-24(32)30-13-19(15-7-9-16(26)10-8-15)21(14-30)29-20-11-12-28-22-17(20)5-4-6-18(22)23(27)31/h4-12,19,21H,13-14H2,1-3H3,(H2,27,31)(H,28,29). The zero-order valence-corrected chi connectivity index (χ0v) is 18.8. The number of nitrogens with one attached hydrogen (secondary N) is 1. The summed E-state index contributed by atoms with van der Waals surface area (Å²) in [5.74, 6) is -0.962. The number of fused-ring (bicyclic) bond motifs is 1. The van der Waals surface area contributed by atoms with E-state index in [9.17, 15) is 14.0 Å². The summed E-state index contributed by atoms with van der Waals surface area (Å²) in [4.78, 5) is 30.6. The van der Waals surface area contributed by atoms with E-state index in [1.54, 1.807) is 35.4 Å². The maximum Gasteiger partial charge on any atom is 0.410 e. The number of anilines is 1. The average molecular weight is 451 g/mol. The van der Waals surface area contributed by atoms with E-state index in [2.05, 4.69) is 10.3 Å². The lowest BCUT2D eigenvalue weighted by atomic mass is 9.94. The average Bonchev–Trinajstić information content (AvgIpc) is 3.17. The summed E-state index contributed by atoms with van der Waals surface area (Å²) in [5, 5.41) is 4.28. The largest absolute Gasteiger partial charge is 0.444 e. The number of nitrogens with zero attached hydrogens (tertiary/aromatic N) is 2. The van der Waals surface area contributed by atoms with Crippen LogP contribution in [-0.4, -0.2) is 46.6 Å². The van der Waals surface area contributed by atoms with Crippen molar-refractivity contribution < 1.29 is 18.7 Å². The van der Waals surface area contributed by atoms with Crippen LogP contribution in [0.25, 0.3) is 10.9 Å². The third kappa shape index (κ3) is 4.89. The number of pyridine rings is 1. The SMILES string of the molecule is CC(C)(C)OC(=O)N1CC(Nc2ccnc3c(C(N)=O)cccc23)C(c2ccc(F)cc2)C1. The maximum absolute atomic E-state index is 13.5. The molecule has 7 nitrogen and oxygen atoms in total. The summed E-state index contributed by atoms with van der Waals surface area (Å²) in [5.41, 5.74) is 7.44. The highest BCUT2D eigenvalue weighted by molar-refractivity contribution is 6.07. The van der Waals surface area contributed by atoms with Gasteiger partial charge in [0.25, 0.3) is 5.91 Å². The molecule has 4 rings (SSSR count). The van der Waals surface area contributed by atoms with Gasteiger partial charge in [0.1, 0.15) is 11.4 Å². The summed E-state index contributed by atoms with van der Waals surface area (Å²) >= 11 is 0. The summed E-state index contributed by atoms with van der Waals surface area (Å²) in [7, 11) is 0. The van der Waals surface area contributed by atoms with Crippen molar-refractivity contribution in [3.8, 4) is 0 Å². The van der Waals surface area contributed by atoms with Crippen molar-refractivity contribution in [2.75, 3.05) is 18.4 Å². The van der Waals surface area contributed by atoms with Crippen LogP contribution in [0.15, 0.2) is 54.7 Å². The van der Waals surface area contributed by atoms with E-state index < -0.39 is 17.6 Å². The minimum atomic E-state index is -0.611. The maximum atomic E-state index is 13.5. The highest BCUT2D eigenvalue weighted by atomic mass is 19.1. The van der Waals surface area contributed by atoms with Crippen molar-refractivity contribution in [3.63, 3.8) is 0 Å². The van der Waals surface area contributed by atoms with Crippen LogP contribution in [0.1, 0.15) is 42.6 Å².